The minimum atomic E-state index is -0.849. The molecular weight excluding hydrogens is 198 g/mol. The molecule has 2 atom stereocenters. The molecule has 0 spiro atoms. The highest BCUT2D eigenvalue weighted by atomic mass is 16.5. The summed E-state index contributed by atoms with van der Waals surface area (Å²) in [7, 11) is 1.44. The monoisotopic (exact) mass is 217 g/mol. The van der Waals surface area contributed by atoms with Gasteiger partial charge in [-0.15, -0.1) is 0 Å². The smallest absolute Gasteiger partial charge is 0.249 e. The van der Waals surface area contributed by atoms with Gasteiger partial charge in [0.2, 0.25) is 5.91 Å². The molecule has 0 saturated carbocycles. The zero-order valence-electron chi connectivity index (χ0n) is 9.57. The Balaban J connectivity index is 4.65. The number of hydrogen-bond donors (Lipinski definition) is 3. The van der Waals surface area contributed by atoms with E-state index in [0.717, 1.165) is 0 Å². The number of nitrogens with one attached hydrogen (secondary N) is 1. The lowest BCUT2D eigenvalue weighted by atomic mass is 9.97. The number of nitrogens with two attached hydrogens (primary N) is 1. The minimum absolute atomic E-state index is 0.0262. The van der Waals surface area contributed by atoms with Crippen molar-refractivity contribution in [1.29, 1.82) is 0 Å². The second kappa shape index (κ2) is 5.55. The Morgan fingerprint density at radius 1 is 1.73 bits per heavy atom. The van der Waals surface area contributed by atoms with Gasteiger partial charge in [-0.2, -0.15) is 0 Å². The lowest BCUT2D eigenvalue weighted by molar-refractivity contribution is -0.131. The number of oxime groups is 1. The van der Waals surface area contributed by atoms with E-state index in [1.165, 1.54) is 7.11 Å². The number of nitrogens with zero attached hydrogens (tertiary/aromatic N) is 1. The second-order valence-corrected chi connectivity index (χ2v) is 3.54. The fourth-order valence-corrected chi connectivity index (χ4v) is 0.924. The van der Waals surface area contributed by atoms with Crippen molar-refractivity contribution in [3.63, 3.8) is 0 Å². The number of carbonyl (C=O) groups excluding carboxylic acids is 1. The van der Waals surface area contributed by atoms with Crippen molar-refractivity contribution in [3.8, 4) is 0 Å². The highest BCUT2D eigenvalue weighted by Crippen LogP contribution is 2.09. The Bertz CT molecular complexity index is 255. The molecule has 4 N–H and O–H groups in total. The first kappa shape index (κ1) is 13.7. The summed E-state index contributed by atoms with van der Waals surface area (Å²) in [5.74, 6) is -0.324. The molecule has 0 aliphatic rings. The average Bonchev–Trinajstić information content (AvgIpc) is 2.26. The van der Waals surface area contributed by atoms with E-state index >= 15 is 0 Å². The molecule has 6 nitrogen and oxygen atoms in total. The maximum Gasteiger partial charge on any atom is 0.249 e. The van der Waals surface area contributed by atoms with Gasteiger partial charge in [0.05, 0.1) is 5.54 Å². The molecule has 0 saturated heterocycles. The fraction of sp³-hybridized carbons (Fsp3) is 0.778. The maximum atomic E-state index is 11.5. The lowest BCUT2D eigenvalue weighted by Gasteiger charge is -2.29. The van der Waals surface area contributed by atoms with Crippen LogP contribution in [0.2, 0.25) is 0 Å². The van der Waals surface area contributed by atoms with E-state index in [2.05, 4.69) is 10.5 Å². The van der Waals surface area contributed by atoms with E-state index in [1.54, 1.807) is 13.8 Å². The van der Waals surface area contributed by atoms with E-state index in [4.69, 9.17) is 15.7 Å². The van der Waals surface area contributed by atoms with Gasteiger partial charge in [-0.05, 0) is 20.3 Å². The first-order valence-electron chi connectivity index (χ1n) is 4.74. The molecule has 0 aromatic carbocycles. The third-order valence-electron chi connectivity index (χ3n) is 2.50. The molecule has 0 aliphatic carbocycles. The predicted octanol–water partition coefficient (Wildman–Crippen LogP) is 0.0526. The lowest BCUT2D eigenvalue weighted by Crippen LogP contribution is -2.57. The Hall–Kier alpha value is -1.30. The molecular formula is C9H19N3O3. The van der Waals surface area contributed by atoms with Crippen LogP contribution >= 0.6 is 0 Å². The summed E-state index contributed by atoms with van der Waals surface area (Å²) in [6.07, 6.45) is -0.0483. The van der Waals surface area contributed by atoms with Gasteiger partial charge in [0, 0.05) is 7.11 Å². The summed E-state index contributed by atoms with van der Waals surface area (Å²) in [5, 5.41) is 14.2. The fourth-order valence-electron chi connectivity index (χ4n) is 0.924. The first-order chi connectivity index (χ1) is 6.91. The molecule has 0 bridgehead atoms. The second-order valence-electron chi connectivity index (χ2n) is 3.54. The third-order valence-corrected chi connectivity index (χ3v) is 2.50. The number of carbonyl (C=O) groups is 1. The van der Waals surface area contributed by atoms with Gasteiger partial charge < -0.3 is 21.0 Å². The molecule has 0 rings (SSSR count). The van der Waals surface area contributed by atoms with Crippen LogP contribution in [-0.2, 0) is 9.53 Å². The molecule has 0 aromatic heterocycles. The molecule has 0 radical (unpaired) electrons. The van der Waals surface area contributed by atoms with Crippen LogP contribution in [0.4, 0.5) is 0 Å². The minimum Gasteiger partial charge on any atom is -0.409 e. The molecule has 1 amide bonds. The zero-order valence-corrected chi connectivity index (χ0v) is 9.57. The zero-order chi connectivity index (χ0) is 12.1. The highest BCUT2D eigenvalue weighted by molar-refractivity contribution is 5.94. The van der Waals surface area contributed by atoms with Crippen LogP contribution in [0.3, 0.4) is 0 Å². The Morgan fingerprint density at radius 2 is 2.27 bits per heavy atom. The van der Waals surface area contributed by atoms with Crippen molar-refractivity contribution in [2.24, 2.45) is 10.9 Å². The SMILES string of the molecule is CCC(C)(NC(=O)C(C)OC)C(N)=NO. The summed E-state index contributed by atoms with van der Waals surface area (Å²) in [4.78, 5) is 11.5. The average molecular weight is 217 g/mol. The number of ether oxygens (including phenoxy) is 1. The van der Waals surface area contributed by atoms with Gasteiger partial charge >= 0.3 is 0 Å². The quantitative estimate of drug-likeness (QED) is 0.262. The van der Waals surface area contributed by atoms with Crippen LogP contribution in [0, 0.1) is 0 Å². The van der Waals surface area contributed by atoms with Crippen molar-refractivity contribution < 1.29 is 14.7 Å². The first-order valence-corrected chi connectivity index (χ1v) is 4.74. The summed E-state index contributed by atoms with van der Waals surface area (Å²) in [6.45, 7) is 5.13. The summed E-state index contributed by atoms with van der Waals surface area (Å²) < 4.78 is 4.86. The molecule has 0 heterocycles. The largest absolute Gasteiger partial charge is 0.409 e. The summed E-state index contributed by atoms with van der Waals surface area (Å²) in [5.41, 5.74) is 4.65. The van der Waals surface area contributed by atoms with Gasteiger partial charge in [-0.3, -0.25) is 4.79 Å². The van der Waals surface area contributed by atoms with Crippen LogP contribution < -0.4 is 11.1 Å². The third kappa shape index (κ3) is 3.39. The number of methoxy groups -OCH3 is 1. The topological polar surface area (TPSA) is 96.9 Å². The van der Waals surface area contributed by atoms with E-state index in [1.807, 2.05) is 6.92 Å². The van der Waals surface area contributed by atoms with Gasteiger partial charge in [-0.25, -0.2) is 0 Å². The molecule has 0 aliphatic heterocycles. The van der Waals surface area contributed by atoms with Crippen molar-refractivity contribution in [2.45, 2.75) is 38.8 Å². The van der Waals surface area contributed by atoms with Gasteiger partial charge in [-0.1, -0.05) is 12.1 Å². The molecule has 0 aromatic rings. The number of rotatable bonds is 5. The highest BCUT2D eigenvalue weighted by Gasteiger charge is 2.31. The number of amidine groups is 1. The van der Waals surface area contributed by atoms with Gasteiger partial charge in [0.25, 0.3) is 0 Å². The van der Waals surface area contributed by atoms with Crippen LogP contribution in [0.1, 0.15) is 27.2 Å². The molecule has 0 fully saturated rings. The van der Waals surface area contributed by atoms with Crippen LogP contribution in [0.15, 0.2) is 5.16 Å². The van der Waals surface area contributed by atoms with Gasteiger partial charge in [0.1, 0.15) is 6.10 Å². The van der Waals surface area contributed by atoms with E-state index in [9.17, 15) is 4.79 Å². The van der Waals surface area contributed by atoms with Crippen molar-refractivity contribution in [3.05, 3.63) is 0 Å². The maximum absolute atomic E-state index is 11.5. The molecule has 6 heteroatoms. The van der Waals surface area contributed by atoms with Crippen molar-refractivity contribution in [1.82, 2.24) is 5.32 Å². The van der Waals surface area contributed by atoms with Crippen molar-refractivity contribution >= 4 is 11.7 Å². The number of amides is 1. The van der Waals surface area contributed by atoms with Crippen LogP contribution in [0.25, 0.3) is 0 Å². The standard InChI is InChI=1S/C9H19N3O3/c1-5-9(3,8(10)12-14)11-7(13)6(2)15-4/h6,14H,5H2,1-4H3,(H2,10,12)(H,11,13). The molecule has 2 unspecified atom stereocenters. The summed E-state index contributed by atoms with van der Waals surface area (Å²) in [6, 6.07) is 0. The Labute approximate surface area is 89.5 Å². The number of hydrogen-bond acceptors (Lipinski definition) is 4. The Kier molecular flexibility index (Phi) is 5.07. The van der Waals surface area contributed by atoms with E-state index < -0.39 is 11.6 Å². The molecule has 15 heavy (non-hydrogen) atoms. The van der Waals surface area contributed by atoms with E-state index in [-0.39, 0.29) is 11.7 Å². The molecule has 88 valence electrons. The van der Waals surface area contributed by atoms with E-state index in [0.29, 0.717) is 6.42 Å². The van der Waals surface area contributed by atoms with Crippen molar-refractivity contribution in [2.75, 3.05) is 7.11 Å². The normalized spacial score (nSPS) is 18.0. The van der Waals surface area contributed by atoms with Crippen LogP contribution in [0.5, 0.6) is 0 Å². The predicted molar refractivity (Wildman–Crippen MR) is 56.7 cm³/mol. The summed E-state index contributed by atoms with van der Waals surface area (Å²) >= 11 is 0. The Morgan fingerprint density at radius 3 is 2.60 bits per heavy atom. The van der Waals surface area contributed by atoms with Crippen LogP contribution in [-0.4, -0.2) is 35.7 Å². The van der Waals surface area contributed by atoms with Gasteiger partial charge in [0.15, 0.2) is 5.84 Å².